The van der Waals surface area contributed by atoms with Crippen molar-refractivity contribution in [2.24, 2.45) is 0 Å². The molecule has 0 spiro atoms. The van der Waals surface area contributed by atoms with Gasteiger partial charge in [-0.1, -0.05) is 36.4 Å². The maximum absolute atomic E-state index is 10.9. The number of nitrogens with zero attached hydrogens (tertiary/aromatic N) is 1. The molecule has 0 unspecified atom stereocenters. The number of hydrogen-bond donors (Lipinski definition) is 1. The molecule has 0 aliphatic carbocycles. The Hall–Kier alpha value is -2.17. The van der Waals surface area contributed by atoms with E-state index in [-0.39, 0.29) is 0 Å². The summed E-state index contributed by atoms with van der Waals surface area (Å²) >= 11 is 0. The van der Waals surface area contributed by atoms with Crippen LogP contribution in [0.15, 0.2) is 48.5 Å². The number of rotatable bonds is 4. The number of aromatic carboxylic acids is 1. The Morgan fingerprint density at radius 3 is 2.26 bits per heavy atom. The van der Waals surface area contributed by atoms with Crippen LogP contribution in [-0.2, 0) is 11.3 Å². The summed E-state index contributed by atoms with van der Waals surface area (Å²) in [5.74, 6) is -0.895. The minimum absolute atomic E-state index is 0.314. The molecule has 1 fully saturated rings. The van der Waals surface area contributed by atoms with Crippen LogP contribution >= 0.6 is 0 Å². The normalized spacial score (nSPS) is 16.0. The van der Waals surface area contributed by atoms with Crippen molar-refractivity contribution in [3.8, 4) is 11.1 Å². The summed E-state index contributed by atoms with van der Waals surface area (Å²) in [6.45, 7) is 4.69. The monoisotopic (exact) mass is 311 g/mol. The van der Waals surface area contributed by atoms with E-state index < -0.39 is 5.97 Å². The first-order chi connectivity index (χ1) is 11.2. The number of carboxylic acids is 1. The van der Waals surface area contributed by atoms with Crippen molar-refractivity contribution < 1.29 is 14.6 Å². The van der Waals surface area contributed by atoms with Gasteiger partial charge in [-0.15, -0.1) is 0 Å². The molecule has 2 aromatic carbocycles. The zero-order valence-corrected chi connectivity index (χ0v) is 13.1. The molecule has 1 aliphatic rings. The fourth-order valence-electron chi connectivity index (χ4n) is 2.82. The molecule has 1 saturated heterocycles. The van der Waals surface area contributed by atoms with Gasteiger partial charge < -0.3 is 9.84 Å². The minimum Gasteiger partial charge on any atom is -0.478 e. The van der Waals surface area contributed by atoms with Gasteiger partial charge in [0, 0.05) is 26.2 Å². The van der Waals surface area contributed by atoms with Crippen LogP contribution in [0.5, 0.6) is 0 Å². The topological polar surface area (TPSA) is 49.8 Å². The van der Waals surface area contributed by atoms with E-state index in [4.69, 9.17) is 9.84 Å². The van der Waals surface area contributed by atoms with E-state index >= 15 is 0 Å². The summed E-state index contributed by atoms with van der Waals surface area (Å²) in [6, 6.07) is 15.5. The molecule has 0 radical (unpaired) electrons. The quantitative estimate of drug-likeness (QED) is 0.941. The lowest BCUT2D eigenvalue weighted by Gasteiger charge is -2.19. The first-order valence-corrected chi connectivity index (χ1v) is 7.95. The van der Waals surface area contributed by atoms with Gasteiger partial charge in [0.15, 0.2) is 0 Å². The summed E-state index contributed by atoms with van der Waals surface area (Å²) in [7, 11) is 0. The number of ether oxygens (including phenoxy) is 1. The Labute approximate surface area is 136 Å². The fourth-order valence-corrected chi connectivity index (χ4v) is 2.82. The lowest BCUT2D eigenvalue weighted by Crippen LogP contribution is -2.25. The maximum atomic E-state index is 10.9. The summed E-state index contributed by atoms with van der Waals surface area (Å²) in [6.07, 6.45) is 1.09. The van der Waals surface area contributed by atoms with Gasteiger partial charge in [0.05, 0.1) is 12.2 Å². The molecule has 0 saturated carbocycles. The highest BCUT2D eigenvalue weighted by Crippen LogP contribution is 2.21. The highest BCUT2D eigenvalue weighted by Gasteiger charge is 2.09. The molecule has 120 valence electrons. The summed E-state index contributed by atoms with van der Waals surface area (Å²) in [4.78, 5) is 13.3. The Kier molecular flexibility index (Phi) is 5.05. The average Bonchev–Trinajstić information content (AvgIpc) is 2.84. The zero-order chi connectivity index (χ0) is 16.1. The lowest BCUT2D eigenvalue weighted by molar-refractivity contribution is 0.0697. The molecule has 0 aromatic heterocycles. The van der Waals surface area contributed by atoms with E-state index in [1.807, 2.05) is 12.1 Å². The Morgan fingerprint density at radius 2 is 1.61 bits per heavy atom. The number of carboxylic acid groups (broad SMARTS) is 1. The predicted molar refractivity (Wildman–Crippen MR) is 89.6 cm³/mol. The van der Waals surface area contributed by atoms with Crippen LogP contribution in [0.25, 0.3) is 11.1 Å². The number of carbonyl (C=O) groups is 1. The zero-order valence-electron chi connectivity index (χ0n) is 13.1. The number of benzene rings is 2. The molecule has 0 amide bonds. The van der Waals surface area contributed by atoms with Crippen molar-refractivity contribution in [1.82, 2.24) is 4.90 Å². The third-order valence-corrected chi connectivity index (χ3v) is 4.14. The average molecular weight is 311 g/mol. The molecule has 1 aliphatic heterocycles. The van der Waals surface area contributed by atoms with Gasteiger partial charge >= 0.3 is 5.97 Å². The molecule has 23 heavy (non-hydrogen) atoms. The molecule has 3 rings (SSSR count). The second kappa shape index (κ2) is 7.40. The van der Waals surface area contributed by atoms with E-state index in [9.17, 15) is 4.79 Å². The van der Waals surface area contributed by atoms with Crippen molar-refractivity contribution in [3.05, 3.63) is 59.7 Å². The lowest BCUT2D eigenvalue weighted by atomic mass is 10.0. The molecular weight excluding hydrogens is 290 g/mol. The van der Waals surface area contributed by atoms with E-state index in [0.29, 0.717) is 5.56 Å². The SMILES string of the molecule is O=C(O)c1ccc(-c2ccc(CN3CCCOCC3)cc2)cc1. The highest BCUT2D eigenvalue weighted by molar-refractivity contribution is 5.88. The van der Waals surface area contributed by atoms with Crippen molar-refractivity contribution in [3.63, 3.8) is 0 Å². The largest absolute Gasteiger partial charge is 0.478 e. The van der Waals surface area contributed by atoms with Gasteiger partial charge in [0.2, 0.25) is 0 Å². The fraction of sp³-hybridized carbons (Fsp3) is 0.316. The van der Waals surface area contributed by atoms with Crippen LogP contribution in [0.1, 0.15) is 22.3 Å². The van der Waals surface area contributed by atoms with E-state index in [1.54, 1.807) is 12.1 Å². The molecular formula is C19H21NO3. The van der Waals surface area contributed by atoms with E-state index in [0.717, 1.165) is 50.4 Å². The van der Waals surface area contributed by atoms with E-state index in [2.05, 4.69) is 29.2 Å². The minimum atomic E-state index is -0.895. The van der Waals surface area contributed by atoms with Crippen molar-refractivity contribution in [1.29, 1.82) is 0 Å². The van der Waals surface area contributed by atoms with Gasteiger partial charge in [-0.3, -0.25) is 4.90 Å². The molecule has 0 bridgehead atoms. The van der Waals surface area contributed by atoms with Gasteiger partial charge in [-0.25, -0.2) is 4.79 Å². The summed E-state index contributed by atoms with van der Waals surface area (Å²) in [5.41, 5.74) is 3.74. The van der Waals surface area contributed by atoms with Crippen molar-refractivity contribution in [2.75, 3.05) is 26.3 Å². The first-order valence-electron chi connectivity index (χ1n) is 7.95. The molecule has 1 N–H and O–H groups in total. The van der Waals surface area contributed by atoms with Crippen LogP contribution < -0.4 is 0 Å². The smallest absolute Gasteiger partial charge is 0.335 e. The van der Waals surface area contributed by atoms with Gasteiger partial charge in [-0.2, -0.15) is 0 Å². The van der Waals surface area contributed by atoms with Gasteiger partial charge in [-0.05, 0) is 35.2 Å². The van der Waals surface area contributed by atoms with Gasteiger partial charge in [0.1, 0.15) is 0 Å². The van der Waals surface area contributed by atoms with E-state index in [1.165, 1.54) is 5.56 Å². The standard InChI is InChI=1S/C19H21NO3/c21-19(22)18-8-6-17(7-9-18)16-4-2-15(3-5-16)14-20-10-1-12-23-13-11-20/h2-9H,1,10-14H2,(H,21,22). The molecule has 2 aromatic rings. The molecule has 4 nitrogen and oxygen atoms in total. The molecule has 1 heterocycles. The van der Waals surface area contributed by atoms with Gasteiger partial charge in [0.25, 0.3) is 0 Å². The first kappa shape index (κ1) is 15.7. The third kappa shape index (κ3) is 4.18. The Morgan fingerprint density at radius 1 is 0.957 bits per heavy atom. The molecule has 0 atom stereocenters. The molecule has 4 heteroatoms. The third-order valence-electron chi connectivity index (χ3n) is 4.14. The summed E-state index contributed by atoms with van der Waals surface area (Å²) in [5, 5.41) is 8.94. The van der Waals surface area contributed by atoms with Crippen LogP contribution in [0.4, 0.5) is 0 Å². The summed E-state index contributed by atoms with van der Waals surface area (Å²) < 4.78 is 5.48. The highest BCUT2D eigenvalue weighted by atomic mass is 16.5. The predicted octanol–water partition coefficient (Wildman–Crippen LogP) is 3.27. The van der Waals surface area contributed by atoms with Crippen LogP contribution in [0, 0.1) is 0 Å². The van der Waals surface area contributed by atoms with Crippen LogP contribution in [-0.4, -0.2) is 42.3 Å². The van der Waals surface area contributed by atoms with Crippen LogP contribution in [0.2, 0.25) is 0 Å². The maximum Gasteiger partial charge on any atom is 0.335 e. The Bertz CT molecular complexity index is 641. The Balaban J connectivity index is 1.67. The second-order valence-corrected chi connectivity index (χ2v) is 5.82. The van der Waals surface area contributed by atoms with Crippen LogP contribution in [0.3, 0.4) is 0 Å². The second-order valence-electron chi connectivity index (χ2n) is 5.82. The van der Waals surface area contributed by atoms with Crippen molar-refractivity contribution in [2.45, 2.75) is 13.0 Å². The van der Waals surface area contributed by atoms with Crippen molar-refractivity contribution >= 4 is 5.97 Å². The number of hydrogen-bond acceptors (Lipinski definition) is 3.